The summed E-state index contributed by atoms with van der Waals surface area (Å²) >= 11 is 0. The van der Waals surface area contributed by atoms with Gasteiger partial charge in [0.25, 0.3) is 0 Å². The van der Waals surface area contributed by atoms with E-state index in [0.717, 1.165) is 25.7 Å². The maximum atomic E-state index is 10.5. The van der Waals surface area contributed by atoms with E-state index in [1.54, 1.807) is 0 Å². The predicted octanol–water partition coefficient (Wildman–Crippen LogP) is 1.48. The molecular formula is C10H19NaO4. The van der Waals surface area contributed by atoms with E-state index in [4.69, 9.17) is 10.2 Å². The molecule has 0 bridgehead atoms. The summed E-state index contributed by atoms with van der Waals surface area (Å²) in [6.45, 7) is 2.09. The van der Waals surface area contributed by atoms with Crippen molar-refractivity contribution < 1.29 is 19.8 Å². The zero-order valence-corrected chi connectivity index (χ0v) is 8.53. The number of carboxylic acid groups (broad SMARTS) is 2. The fourth-order valence-corrected chi connectivity index (χ4v) is 1.30. The molecule has 0 aromatic heterocycles. The molecule has 0 rings (SSSR count). The van der Waals surface area contributed by atoms with Crippen LogP contribution in [0.2, 0.25) is 0 Å². The first-order valence-corrected chi connectivity index (χ1v) is 5.05. The molecule has 0 aliphatic heterocycles. The Bertz CT molecular complexity index is 180. The Labute approximate surface area is 112 Å². The average Bonchev–Trinajstić information content (AvgIpc) is 2.09. The van der Waals surface area contributed by atoms with Gasteiger partial charge in [0.05, 0.1) is 0 Å². The van der Waals surface area contributed by atoms with Gasteiger partial charge in [-0.05, 0) is 6.42 Å². The maximum absolute atomic E-state index is 10.5. The molecule has 0 aromatic rings. The van der Waals surface area contributed by atoms with Gasteiger partial charge in [0.15, 0.2) is 5.92 Å². The van der Waals surface area contributed by atoms with E-state index < -0.39 is 17.9 Å². The molecule has 0 saturated carbocycles. The minimum absolute atomic E-state index is 0. The number of aliphatic carboxylic acids is 2. The van der Waals surface area contributed by atoms with Crippen LogP contribution in [0.3, 0.4) is 0 Å². The Kier molecular flexibility index (Phi) is 12.1. The number of rotatable bonds is 8. The molecule has 0 atom stereocenters. The first kappa shape index (κ1) is 17.3. The van der Waals surface area contributed by atoms with Gasteiger partial charge >= 0.3 is 41.5 Å². The topological polar surface area (TPSA) is 74.6 Å². The molecule has 0 spiro atoms. The van der Waals surface area contributed by atoms with Crippen LogP contribution in [-0.4, -0.2) is 51.7 Å². The van der Waals surface area contributed by atoms with Crippen molar-refractivity contribution in [1.82, 2.24) is 0 Å². The standard InChI is InChI=1S/C10H18O4.Na.H/c1-2-3-4-5-6-7-8(9(11)12)10(13)14;;/h8H,2-7H2,1H3,(H,11,12)(H,13,14);;. The molecular weight excluding hydrogens is 207 g/mol. The van der Waals surface area contributed by atoms with Gasteiger partial charge in [-0.2, -0.15) is 0 Å². The third-order valence-corrected chi connectivity index (χ3v) is 2.19. The Morgan fingerprint density at radius 2 is 1.47 bits per heavy atom. The van der Waals surface area contributed by atoms with E-state index in [-0.39, 0.29) is 36.0 Å². The van der Waals surface area contributed by atoms with Gasteiger partial charge in [-0.3, -0.25) is 9.59 Å². The van der Waals surface area contributed by atoms with Crippen LogP contribution in [-0.2, 0) is 9.59 Å². The van der Waals surface area contributed by atoms with Crippen LogP contribution in [0.1, 0.15) is 45.4 Å². The van der Waals surface area contributed by atoms with Crippen molar-refractivity contribution in [3.8, 4) is 0 Å². The number of hydrogen-bond acceptors (Lipinski definition) is 2. The molecule has 0 aliphatic rings. The molecule has 0 amide bonds. The van der Waals surface area contributed by atoms with Gasteiger partial charge in [0.2, 0.25) is 0 Å². The molecule has 0 radical (unpaired) electrons. The van der Waals surface area contributed by atoms with Gasteiger partial charge in [-0.15, -0.1) is 0 Å². The van der Waals surface area contributed by atoms with Crippen LogP contribution >= 0.6 is 0 Å². The normalized spacial score (nSPS) is 9.73. The average molecular weight is 226 g/mol. The number of carboxylic acids is 2. The molecule has 2 N–H and O–H groups in total. The van der Waals surface area contributed by atoms with Crippen LogP contribution < -0.4 is 0 Å². The summed E-state index contributed by atoms with van der Waals surface area (Å²) in [4.78, 5) is 21.0. The molecule has 84 valence electrons. The second-order valence-electron chi connectivity index (χ2n) is 3.43. The fourth-order valence-electron chi connectivity index (χ4n) is 1.30. The van der Waals surface area contributed by atoms with Crippen LogP contribution in [0, 0.1) is 5.92 Å². The quantitative estimate of drug-likeness (QED) is 0.373. The number of hydrogen-bond donors (Lipinski definition) is 2. The zero-order valence-electron chi connectivity index (χ0n) is 8.53. The summed E-state index contributed by atoms with van der Waals surface area (Å²) in [6.07, 6.45) is 5.16. The summed E-state index contributed by atoms with van der Waals surface area (Å²) in [6, 6.07) is 0. The molecule has 0 aromatic carbocycles. The molecule has 5 heteroatoms. The predicted molar refractivity (Wildman–Crippen MR) is 59.3 cm³/mol. The number of carbonyl (C=O) groups is 2. The number of unbranched alkanes of at least 4 members (excludes halogenated alkanes) is 4. The molecule has 15 heavy (non-hydrogen) atoms. The van der Waals surface area contributed by atoms with Crippen molar-refractivity contribution in [3.63, 3.8) is 0 Å². The van der Waals surface area contributed by atoms with E-state index in [1.807, 2.05) is 0 Å². The molecule has 0 saturated heterocycles. The molecule has 4 nitrogen and oxygen atoms in total. The van der Waals surface area contributed by atoms with Gasteiger partial charge in [0.1, 0.15) is 0 Å². The van der Waals surface area contributed by atoms with Crippen LogP contribution in [0.5, 0.6) is 0 Å². The van der Waals surface area contributed by atoms with E-state index in [0.29, 0.717) is 6.42 Å². The van der Waals surface area contributed by atoms with E-state index in [1.165, 1.54) is 0 Å². The monoisotopic (exact) mass is 226 g/mol. The Morgan fingerprint density at radius 1 is 1.00 bits per heavy atom. The van der Waals surface area contributed by atoms with E-state index in [9.17, 15) is 9.59 Å². The Hall–Kier alpha value is -0.0600. The first-order valence-electron chi connectivity index (χ1n) is 5.05. The minimum atomic E-state index is -1.23. The zero-order chi connectivity index (χ0) is 11.0. The van der Waals surface area contributed by atoms with Gasteiger partial charge < -0.3 is 10.2 Å². The second kappa shape index (κ2) is 10.5. The van der Waals surface area contributed by atoms with Crippen molar-refractivity contribution >= 4 is 41.5 Å². The third kappa shape index (κ3) is 8.90. The van der Waals surface area contributed by atoms with Crippen LogP contribution in [0.25, 0.3) is 0 Å². The van der Waals surface area contributed by atoms with Gasteiger partial charge in [-0.1, -0.05) is 39.0 Å². The van der Waals surface area contributed by atoms with E-state index >= 15 is 0 Å². The van der Waals surface area contributed by atoms with Crippen LogP contribution in [0.4, 0.5) is 0 Å². The third-order valence-electron chi connectivity index (χ3n) is 2.19. The van der Waals surface area contributed by atoms with Crippen molar-refractivity contribution in [1.29, 1.82) is 0 Å². The molecule has 0 aliphatic carbocycles. The summed E-state index contributed by atoms with van der Waals surface area (Å²) in [5.41, 5.74) is 0. The SMILES string of the molecule is CCCCCCCC(C(=O)O)C(=O)O.[NaH]. The van der Waals surface area contributed by atoms with Gasteiger partial charge in [-0.25, -0.2) is 0 Å². The van der Waals surface area contributed by atoms with Gasteiger partial charge in [0, 0.05) is 0 Å². The summed E-state index contributed by atoms with van der Waals surface area (Å²) in [5.74, 6) is -3.68. The summed E-state index contributed by atoms with van der Waals surface area (Å²) < 4.78 is 0. The Morgan fingerprint density at radius 3 is 1.87 bits per heavy atom. The fraction of sp³-hybridized carbons (Fsp3) is 0.800. The summed E-state index contributed by atoms with van der Waals surface area (Å²) in [7, 11) is 0. The molecule has 0 heterocycles. The van der Waals surface area contributed by atoms with Crippen molar-refractivity contribution in [2.24, 2.45) is 5.92 Å². The summed E-state index contributed by atoms with van der Waals surface area (Å²) in [5, 5.41) is 17.1. The second-order valence-corrected chi connectivity index (χ2v) is 3.43. The Balaban J connectivity index is 0. The van der Waals surface area contributed by atoms with Crippen molar-refractivity contribution in [3.05, 3.63) is 0 Å². The van der Waals surface area contributed by atoms with Crippen LogP contribution in [0.15, 0.2) is 0 Å². The molecule has 0 fully saturated rings. The first-order chi connectivity index (χ1) is 6.59. The van der Waals surface area contributed by atoms with Crippen molar-refractivity contribution in [2.75, 3.05) is 0 Å². The molecule has 0 unspecified atom stereocenters. The van der Waals surface area contributed by atoms with E-state index in [2.05, 4.69) is 6.92 Å². The van der Waals surface area contributed by atoms with Crippen molar-refractivity contribution in [2.45, 2.75) is 45.4 Å².